The van der Waals surface area contributed by atoms with E-state index in [1.54, 1.807) is 6.92 Å². The Hall–Kier alpha value is -3.34. The SMILES string of the molecule is CCOC(=O)/C(=N\Nc1ccccc1)c1ccc2cc(N(C)C)ccc2c1. The van der Waals surface area contributed by atoms with Crippen LogP contribution in [0.15, 0.2) is 71.8 Å². The van der Waals surface area contributed by atoms with E-state index in [0.717, 1.165) is 22.1 Å². The standard InChI is InChI=1S/C22H23N3O2/c1-4-27-22(26)21(24-23-19-8-6-5-7-9-19)18-11-10-17-15-20(25(2)3)13-12-16(17)14-18/h5-15,23H,4H2,1-3H3/b24-21-. The number of hydrogen-bond donors (Lipinski definition) is 1. The van der Waals surface area contributed by atoms with Gasteiger partial charge >= 0.3 is 5.97 Å². The number of hydrazone groups is 1. The number of nitrogens with zero attached hydrogens (tertiary/aromatic N) is 2. The molecule has 5 nitrogen and oxygen atoms in total. The maximum absolute atomic E-state index is 12.4. The van der Waals surface area contributed by atoms with E-state index in [1.165, 1.54) is 0 Å². The molecule has 3 aromatic rings. The van der Waals surface area contributed by atoms with Crippen LogP contribution in [0.3, 0.4) is 0 Å². The van der Waals surface area contributed by atoms with Crippen LogP contribution in [0.2, 0.25) is 0 Å². The molecular formula is C22H23N3O2. The van der Waals surface area contributed by atoms with Crippen molar-refractivity contribution in [2.45, 2.75) is 6.92 Å². The predicted octanol–water partition coefficient (Wildman–Crippen LogP) is 4.29. The highest BCUT2D eigenvalue weighted by Gasteiger charge is 2.16. The highest BCUT2D eigenvalue weighted by Crippen LogP contribution is 2.22. The zero-order valence-electron chi connectivity index (χ0n) is 15.8. The summed E-state index contributed by atoms with van der Waals surface area (Å²) in [5, 5.41) is 6.46. The Bertz CT molecular complexity index is 966. The number of ether oxygens (including phenoxy) is 1. The van der Waals surface area contributed by atoms with Gasteiger partial charge in [-0.05, 0) is 48.0 Å². The quantitative estimate of drug-likeness (QED) is 0.404. The fourth-order valence-electron chi connectivity index (χ4n) is 2.72. The molecule has 1 N–H and O–H groups in total. The van der Waals surface area contributed by atoms with Crippen molar-refractivity contribution in [2.75, 3.05) is 31.0 Å². The Balaban J connectivity index is 1.98. The zero-order valence-corrected chi connectivity index (χ0v) is 15.8. The van der Waals surface area contributed by atoms with Crippen LogP contribution in [0.5, 0.6) is 0 Å². The van der Waals surface area contributed by atoms with E-state index in [0.29, 0.717) is 12.2 Å². The number of benzene rings is 3. The Kier molecular flexibility index (Phi) is 5.71. The van der Waals surface area contributed by atoms with Crippen molar-refractivity contribution in [3.8, 4) is 0 Å². The third kappa shape index (κ3) is 4.44. The Morgan fingerprint density at radius 1 is 1.00 bits per heavy atom. The number of carbonyl (C=O) groups is 1. The molecule has 5 heteroatoms. The van der Waals surface area contributed by atoms with Crippen molar-refractivity contribution in [1.82, 2.24) is 0 Å². The van der Waals surface area contributed by atoms with Gasteiger partial charge in [0.2, 0.25) is 0 Å². The molecule has 0 aliphatic carbocycles. The van der Waals surface area contributed by atoms with Gasteiger partial charge in [-0.3, -0.25) is 5.43 Å². The van der Waals surface area contributed by atoms with Gasteiger partial charge in [0, 0.05) is 25.3 Å². The topological polar surface area (TPSA) is 53.9 Å². The average molecular weight is 361 g/mol. The lowest BCUT2D eigenvalue weighted by Gasteiger charge is -2.13. The first-order chi connectivity index (χ1) is 13.1. The van der Waals surface area contributed by atoms with Crippen LogP contribution < -0.4 is 10.3 Å². The molecule has 3 aromatic carbocycles. The summed E-state index contributed by atoms with van der Waals surface area (Å²) in [6, 6.07) is 21.5. The predicted molar refractivity (Wildman–Crippen MR) is 112 cm³/mol. The van der Waals surface area contributed by atoms with Gasteiger partial charge in [-0.2, -0.15) is 5.10 Å². The summed E-state index contributed by atoms with van der Waals surface area (Å²) in [6.07, 6.45) is 0. The highest BCUT2D eigenvalue weighted by atomic mass is 16.5. The minimum absolute atomic E-state index is 0.249. The summed E-state index contributed by atoms with van der Waals surface area (Å²) in [5.74, 6) is -0.454. The fourth-order valence-corrected chi connectivity index (χ4v) is 2.72. The van der Waals surface area contributed by atoms with Gasteiger partial charge in [0.05, 0.1) is 12.3 Å². The molecule has 0 aromatic heterocycles. The third-order valence-corrected chi connectivity index (χ3v) is 4.15. The summed E-state index contributed by atoms with van der Waals surface area (Å²) >= 11 is 0. The molecule has 0 radical (unpaired) electrons. The molecule has 0 unspecified atom stereocenters. The first-order valence-corrected chi connectivity index (χ1v) is 8.86. The maximum Gasteiger partial charge on any atom is 0.359 e. The van der Waals surface area contributed by atoms with Crippen LogP contribution >= 0.6 is 0 Å². The van der Waals surface area contributed by atoms with E-state index < -0.39 is 5.97 Å². The molecule has 0 bridgehead atoms. The van der Waals surface area contributed by atoms with Gasteiger partial charge in [0.1, 0.15) is 0 Å². The van der Waals surface area contributed by atoms with E-state index in [9.17, 15) is 4.79 Å². The molecule has 0 heterocycles. The van der Waals surface area contributed by atoms with Crippen molar-refractivity contribution >= 4 is 33.8 Å². The summed E-state index contributed by atoms with van der Waals surface area (Å²) in [6.45, 7) is 2.08. The molecule has 0 amide bonds. The lowest BCUT2D eigenvalue weighted by molar-refractivity contribution is -0.134. The average Bonchev–Trinajstić information content (AvgIpc) is 2.68. The second-order valence-corrected chi connectivity index (χ2v) is 6.30. The smallest absolute Gasteiger partial charge is 0.359 e. The van der Waals surface area contributed by atoms with Crippen molar-refractivity contribution in [3.63, 3.8) is 0 Å². The van der Waals surface area contributed by atoms with Crippen LogP contribution in [0.1, 0.15) is 12.5 Å². The second kappa shape index (κ2) is 8.36. The van der Waals surface area contributed by atoms with E-state index in [-0.39, 0.29) is 5.71 Å². The van der Waals surface area contributed by atoms with Crippen molar-refractivity contribution in [1.29, 1.82) is 0 Å². The van der Waals surface area contributed by atoms with E-state index >= 15 is 0 Å². The Morgan fingerprint density at radius 3 is 2.41 bits per heavy atom. The van der Waals surface area contributed by atoms with E-state index in [4.69, 9.17) is 4.74 Å². The van der Waals surface area contributed by atoms with Crippen LogP contribution in [-0.2, 0) is 9.53 Å². The molecule has 0 saturated heterocycles. The monoisotopic (exact) mass is 361 g/mol. The lowest BCUT2D eigenvalue weighted by Crippen LogP contribution is -2.20. The van der Waals surface area contributed by atoms with Crippen LogP contribution in [0, 0.1) is 0 Å². The molecular weight excluding hydrogens is 338 g/mol. The third-order valence-electron chi connectivity index (χ3n) is 4.15. The summed E-state index contributed by atoms with van der Waals surface area (Å²) in [4.78, 5) is 14.5. The van der Waals surface area contributed by atoms with Gasteiger partial charge in [0.25, 0.3) is 0 Å². The minimum atomic E-state index is -0.454. The summed E-state index contributed by atoms with van der Waals surface area (Å²) < 4.78 is 5.19. The molecule has 0 aliphatic rings. The molecule has 3 rings (SSSR count). The highest BCUT2D eigenvalue weighted by molar-refractivity contribution is 6.43. The van der Waals surface area contributed by atoms with E-state index in [1.807, 2.05) is 68.7 Å². The van der Waals surface area contributed by atoms with Gasteiger partial charge < -0.3 is 9.64 Å². The fraction of sp³-hybridized carbons (Fsp3) is 0.182. The Morgan fingerprint density at radius 2 is 1.70 bits per heavy atom. The number of rotatable bonds is 6. The number of fused-ring (bicyclic) bond motifs is 1. The molecule has 138 valence electrons. The normalized spacial score (nSPS) is 11.3. The Labute approximate surface area is 159 Å². The van der Waals surface area contributed by atoms with Gasteiger partial charge in [-0.15, -0.1) is 0 Å². The largest absolute Gasteiger partial charge is 0.461 e. The van der Waals surface area contributed by atoms with Gasteiger partial charge in [-0.1, -0.05) is 36.4 Å². The number of carbonyl (C=O) groups excluding carboxylic acids is 1. The first kappa shape index (κ1) is 18.5. The van der Waals surface area contributed by atoms with Crippen molar-refractivity contribution in [3.05, 3.63) is 72.3 Å². The molecule has 0 atom stereocenters. The molecule has 0 aliphatic heterocycles. The number of para-hydroxylation sites is 1. The molecule has 0 fully saturated rings. The van der Waals surface area contributed by atoms with Crippen molar-refractivity contribution in [2.24, 2.45) is 5.10 Å². The minimum Gasteiger partial charge on any atom is -0.461 e. The molecule has 0 saturated carbocycles. The first-order valence-electron chi connectivity index (χ1n) is 8.86. The van der Waals surface area contributed by atoms with Crippen molar-refractivity contribution < 1.29 is 9.53 Å². The second-order valence-electron chi connectivity index (χ2n) is 6.30. The number of nitrogens with one attached hydrogen (secondary N) is 1. The number of anilines is 2. The van der Waals surface area contributed by atoms with Gasteiger partial charge in [-0.25, -0.2) is 4.79 Å². The number of esters is 1. The number of hydrogen-bond acceptors (Lipinski definition) is 5. The maximum atomic E-state index is 12.4. The molecule has 0 spiro atoms. The van der Waals surface area contributed by atoms with E-state index in [2.05, 4.69) is 27.6 Å². The lowest BCUT2D eigenvalue weighted by atomic mass is 10.0. The summed E-state index contributed by atoms with van der Waals surface area (Å²) in [7, 11) is 4.02. The van der Waals surface area contributed by atoms with Crippen LogP contribution in [0.25, 0.3) is 10.8 Å². The molecule has 27 heavy (non-hydrogen) atoms. The van der Waals surface area contributed by atoms with Crippen LogP contribution in [0.4, 0.5) is 11.4 Å². The summed E-state index contributed by atoms with van der Waals surface area (Å²) in [5.41, 5.74) is 5.82. The van der Waals surface area contributed by atoms with Gasteiger partial charge in [0.15, 0.2) is 5.71 Å². The zero-order chi connectivity index (χ0) is 19.2. The van der Waals surface area contributed by atoms with Crippen LogP contribution in [-0.4, -0.2) is 32.4 Å².